The first kappa shape index (κ1) is 14.1. The van der Waals surface area contributed by atoms with Crippen LogP contribution < -0.4 is 0 Å². The number of rotatable bonds is 4. The number of hydrogen-bond donors (Lipinski definition) is 0. The van der Waals surface area contributed by atoms with Crippen LogP contribution in [0.3, 0.4) is 0 Å². The van der Waals surface area contributed by atoms with Crippen molar-refractivity contribution < 1.29 is 23.5 Å². The van der Waals surface area contributed by atoms with Crippen LogP contribution in [0.4, 0.5) is 0 Å². The Hall–Kier alpha value is -2.32. The highest BCUT2D eigenvalue weighted by atomic mass is 16.6. The lowest BCUT2D eigenvalue weighted by atomic mass is 10.2. The van der Waals surface area contributed by atoms with Crippen LogP contribution >= 0.6 is 0 Å². The number of carbonyl (C=O) groups excluding carboxylic acids is 2. The van der Waals surface area contributed by atoms with Gasteiger partial charge in [-0.1, -0.05) is 12.8 Å². The normalized spacial score (nSPS) is 20.3. The van der Waals surface area contributed by atoms with E-state index in [1.807, 2.05) is 6.92 Å². The second kappa shape index (κ2) is 6.22. The van der Waals surface area contributed by atoms with Gasteiger partial charge in [0.2, 0.25) is 0 Å². The van der Waals surface area contributed by atoms with E-state index >= 15 is 0 Å². The molecule has 1 aromatic heterocycles. The molecule has 0 N–H and O–H groups in total. The topological polar surface area (TPSA) is 69.0 Å². The molecule has 5 heteroatoms. The number of hydrogen-bond acceptors (Lipinski definition) is 5. The lowest BCUT2D eigenvalue weighted by Gasteiger charge is -1.88. The summed E-state index contributed by atoms with van der Waals surface area (Å²) in [6, 6.07) is 3.09. The van der Waals surface area contributed by atoms with Crippen molar-refractivity contribution in [2.45, 2.75) is 25.6 Å². The maximum absolute atomic E-state index is 11.7. The highest BCUT2D eigenvalue weighted by Crippen LogP contribution is 2.23. The molecule has 1 aliphatic rings. The monoisotopic (exact) mass is 274 g/mol. The molecule has 0 bridgehead atoms. The van der Waals surface area contributed by atoms with Crippen molar-refractivity contribution in [2.75, 3.05) is 7.11 Å². The molecule has 1 aliphatic heterocycles. The summed E-state index contributed by atoms with van der Waals surface area (Å²) in [5, 5.41) is 0. The second-order valence-electron chi connectivity index (χ2n) is 4.16. The Bertz CT molecular complexity index is 599. The molecule has 1 aromatic rings. The smallest absolute Gasteiger partial charge is 0.330 e. The summed E-state index contributed by atoms with van der Waals surface area (Å²) in [6.07, 6.45) is 3.52. The van der Waals surface area contributed by atoms with Gasteiger partial charge in [-0.15, -0.1) is 0 Å². The van der Waals surface area contributed by atoms with E-state index in [0.29, 0.717) is 5.76 Å². The third kappa shape index (κ3) is 3.59. The number of ether oxygens (including phenoxy) is 2. The average molecular weight is 274 g/mol. The van der Waals surface area contributed by atoms with E-state index in [1.54, 1.807) is 6.07 Å². The largest absolute Gasteiger partial charge is 0.466 e. The van der Waals surface area contributed by atoms with Gasteiger partial charge in [-0.05, 0) is 30.6 Å². The van der Waals surface area contributed by atoms with Crippen molar-refractivity contribution in [2.24, 2.45) is 0 Å². The average Bonchev–Trinajstić information content (AvgIpc) is 3.07. The van der Waals surface area contributed by atoms with E-state index < -0.39 is 11.8 Å². The molecule has 2 rings (SSSR count). The van der Waals surface area contributed by atoms with E-state index in [1.165, 1.54) is 25.3 Å². The molecule has 0 radical (unpaired) electrons. The van der Waals surface area contributed by atoms with Gasteiger partial charge in [0.15, 0.2) is 5.76 Å². The number of furan rings is 1. The van der Waals surface area contributed by atoms with E-state index in [4.69, 9.17) is 9.15 Å². The lowest BCUT2D eigenvalue weighted by molar-refractivity contribution is -0.134. The zero-order valence-corrected chi connectivity index (χ0v) is 11.2. The van der Waals surface area contributed by atoms with Crippen LogP contribution in [0.2, 0.25) is 0 Å². The van der Waals surface area contributed by atoms with Crippen LogP contribution in [0.15, 0.2) is 22.6 Å². The SMILES string of the molecule is CCC1OC1C#CC(=O)c1ccc(C=CC(=O)OC)o1. The maximum Gasteiger partial charge on any atom is 0.330 e. The fourth-order valence-corrected chi connectivity index (χ4v) is 1.56. The van der Waals surface area contributed by atoms with Crippen molar-refractivity contribution in [1.82, 2.24) is 0 Å². The summed E-state index contributed by atoms with van der Waals surface area (Å²) in [7, 11) is 1.28. The van der Waals surface area contributed by atoms with E-state index in [2.05, 4.69) is 16.6 Å². The summed E-state index contributed by atoms with van der Waals surface area (Å²) >= 11 is 0. The standard InChI is InChI=1S/C15H14O5/c1-3-12-14(20-12)8-6-11(16)13-7-4-10(19-13)5-9-15(17)18-2/h4-5,7,9,12,14H,3H2,1-2H3. The molecule has 0 spiro atoms. The van der Waals surface area contributed by atoms with Gasteiger partial charge in [0.1, 0.15) is 11.9 Å². The Morgan fingerprint density at radius 3 is 2.90 bits per heavy atom. The number of Topliss-reactive ketones (excluding diaryl/α,β-unsaturated/α-hetero) is 1. The summed E-state index contributed by atoms with van der Waals surface area (Å²) in [5.74, 6) is 4.86. The first-order valence-corrected chi connectivity index (χ1v) is 6.21. The summed E-state index contributed by atoms with van der Waals surface area (Å²) in [5.41, 5.74) is 0. The minimum absolute atomic E-state index is 0.135. The predicted octanol–water partition coefficient (Wildman–Crippen LogP) is 1.83. The number of epoxide rings is 1. The van der Waals surface area contributed by atoms with Crippen molar-refractivity contribution >= 4 is 17.8 Å². The van der Waals surface area contributed by atoms with Crippen LogP contribution in [0, 0.1) is 11.8 Å². The lowest BCUT2D eigenvalue weighted by Crippen LogP contribution is -1.94. The molecule has 0 amide bonds. The highest BCUT2D eigenvalue weighted by molar-refractivity contribution is 6.07. The Kier molecular flexibility index (Phi) is 4.38. The number of methoxy groups -OCH3 is 1. The second-order valence-corrected chi connectivity index (χ2v) is 4.16. The number of carbonyl (C=O) groups is 2. The first-order valence-electron chi connectivity index (χ1n) is 6.21. The van der Waals surface area contributed by atoms with Gasteiger partial charge in [-0.25, -0.2) is 4.79 Å². The van der Waals surface area contributed by atoms with Crippen LogP contribution in [-0.2, 0) is 14.3 Å². The van der Waals surface area contributed by atoms with Crippen molar-refractivity contribution in [3.8, 4) is 11.8 Å². The Morgan fingerprint density at radius 2 is 2.25 bits per heavy atom. The minimum atomic E-state index is -0.495. The molecule has 0 saturated carbocycles. The summed E-state index contributed by atoms with van der Waals surface area (Å²) < 4.78 is 14.9. The molecule has 2 atom stereocenters. The molecular formula is C15H14O5. The molecular weight excluding hydrogens is 260 g/mol. The molecule has 20 heavy (non-hydrogen) atoms. The Balaban J connectivity index is 1.96. The number of ketones is 1. The number of esters is 1. The van der Waals surface area contributed by atoms with E-state index in [-0.39, 0.29) is 18.0 Å². The van der Waals surface area contributed by atoms with Gasteiger partial charge < -0.3 is 13.9 Å². The van der Waals surface area contributed by atoms with E-state index in [0.717, 1.165) is 6.42 Å². The van der Waals surface area contributed by atoms with Crippen molar-refractivity contribution in [3.63, 3.8) is 0 Å². The molecule has 1 saturated heterocycles. The van der Waals surface area contributed by atoms with Gasteiger partial charge >= 0.3 is 5.97 Å². The molecule has 104 valence electrons. The molecule has 2 unspecified atom stereocenters. The van der Waals surface area contributed by atoms with Gasteiger partial charge in [-0.2, -0.15) is 0 Å². The van der Waals surface area contributed by atoms with Crippen molar-refractivity contribution in [3.05, 3.63) is 29.7 Å². The van der Waals surface area contributed by atoms with Crippen LogP contribution in [0.25, 0.3) is 6.08 Å². The van der Waals surface area contributed by atoms with Crippen molar-refractivity contribution in [1.29, 1.82) is 0 Å². The summed E-state index contributed by atoms with van der Waals surface area (Å²) in [6.45, 7) is 2.00. The molecule has 0 aromatic carbocycles. The fourth-order valence-electron chi connectivity index (χ4n) is 1.56. The third-order valence-corrected chi connectivity index (χ3v) is 2.75. The molecule has 0 aliphatic carbocycles. The van der Waals surface area contributed by atoms with Gasteiger partial charge in [0, 0.05) is 6.08 Å². The molecule has 1 fully saturated rings. The van der Waals surface area contributed by atoms with Crippen LogP contribution in [-0.4, -0.2) is 31.1 Å². The van der Waals surface area contributed by atoms with E-state index in [9.17, 15) is 9.59 Å². The summed E-state index contributed by atoms with van der Waals surface area (Å²) in [4.78, 5) is 22.7. The molecule has 5 nitrogen and oxygen atoms in total. The predicted molar refractivity (Wildman–Crippen MR) is 70.8 cm³/mol. The Labute approximate surface area is 116 Å². The fraction of sp³-hybridized carbons (Fsp3) is 0.333. The van der Waals surface area contributed by atoms with Gasteiger partial charge in [0.25, 0.3) is 5.78 Å². The van der Waals surface area contributed by atoms with Crippen LogP contribution in [0.5, 0.6) is 0 Å². The van der Waals surface area contributed by atoms with Gasteiger partial charge in [-0.3, -0.25) is 4.79 Å². The Morgan fingerprint density at radius 1 is 1.45 bits per heavy atom. The first-order chi connectivity index (χ1) is 9.63. The zero-order valence-electron chi connectivity index (χ0n) is 11.2. The highest BCUT2D eigenvalue weighted by Gasteiger charge is 2.35. The quantitative estimate of drug-likeness (QED) is 0.209. The van der Waals surface area contributed by atoms with Gasteiger partial charge in [0.05, 0.1) is 13.2 Å². The maximum atomic E-state index is 11.7. The van der Waals surface area contributed by atoms with Crippen LogP contribution in [0.1, 0.15) is 29.7 Å². The zero-order chi connectivity index (χ0) is 14.5. The molecule has 2 heterocycles. The minimum Gasteiger partial charge on any atom is -0.466 e. The third-order valence-electron chi connectivity index (χ3n) is 2.75.